The third-order valence-electron chi connectivity index (χ3n) is 4.19. The van der Waals surface area contributed by atoms with E-state index in [1.165, 1.54) is 17.5 Å². The van der Waals surface area contributed by atoms with E-state index in [1.54, 1.807) is 0 Å². The molecule has 0 aliphatic rings. The van der Waals surface area contributed by atoms with Gasteiger partial charge in [0, 0.05) is 16.8 Å². The third kappa shape index (κ3) is 5.77. The fourth-order valence-corrected chi connectivity index (χ4v) is 2.59. The number of fused-ring (bicyclic) bond motifs is 1. The molecule has 146 valence electrons. The number of rotatable bonds is 2. The van der Waals surface area contributed by atoms with E-state index in [1.807, 2.05) is 86.6 Å². The number of nitrogens with one attached hydrogen (secondary N) is 2. The van der Waals surface area contributed by atoms with Gasteiger partial charge in [-0.05, 0) is 50.2 Å². The zero-order valence-electron chi connectivity index (χ0n) is 16.4. The zero-order valence-corrected chi connectivity index (χ0v) is 16.4. The number of amides is 2. The number of aryl methyl sites for hydroxylation is 2. The second-order valence-electron chi connectivity index (χ2n) is 6.59. The van der Waals surface area contributed by atoms with Crippen molar-refractivity contribution in [3.8, 4) is 0 Å². The fraction of sp³-hybridized carbons (Fsp3) is 0.0870. The number of hydrogen-bond acceptors (Lipinski definition) is 4. The molecule has 6 nitrogen and oxygen atoms in total. The monoisotopic (exact) mass is 385 g/mol. The Kier molecular flexibility index (Phi) is 6.37. The van der Waals surface area contributed by atoms with E-state index in [4.69, 9.17) is 5.73 Å². The molecule has 0 saturated carbocycles. The van der Waals surface area contributed by atoms with Gasteiger partial charge >= 0.3 is 6.03 Å². The van der Waals surface area contributed by atoms with E-state index in [-0.39, 0.29) is 6.03 Å². The summed E-state index contributed by atoms with van der Waals surface area (Å²) < 4.78 is 0. The number of hydrogen-bond donors (Lipinski definition) is 3. The molecule has 0 radical (unpaired) electrons. The number of nitrogens with two attached hydrogens (primary N) is 1. The van der Waals surface area contributed by atoms with Gasteiger partial charge in [0.25, 0.3) is 0 Å². The highest BCUT2D eigenvalue weighted by Gasteiger charge is 2.02. The quantitative estimate of drug-likeness (QED) is 0.444. The maximum Gasteiger partial charge on any atom is 0.323 e. The first-order chi connectivity index (χ1) is 14.0. The van der Waals surface area contributed by atoms with Gasteiger partial charge in [0.1, 0.15) is 12.1 Å². The molecule has 0 spiro atoms. The van der Waals surface area contributed by atoms with Crippen LogP contribution in [0.4, 0.5) is 22.0 Å². The number of benzene rings is 3. The Hall–Kier alpha value is -3.93. The summed E-state index contributed by atoms with van der Waals surface area (Å²) in [6, 6.07) is 22.8. The molecule has 0 atom stereocenters. The number of nitrogens with zero attached hydrogens (tertiary/aromatic N) is 2. The summed E-state index contributed by atoms with van der Waals surface area (Å²) in [5.41, 5.74) is 10.4. The van der Waals surface area contributed by atoms with Crippen LogP contribution in [0.2, 0.25) is 0 Å². The Labute approximate surface area is 169 Å². The Morgan fingerprint density at radius 1 is 0.759 bits per heavy atom. The molecule has 0 bridgehead atoms. The van der Waals surface area contributed by atoms with Crippen LogP contribution in [-0.4, -0.2) is 16.0 Å². The Morgan fingerprint density at radius 2 is 1.28 bits per heavy atom. The average molecular weight is 385 g/mol. The second kappa shape index (κ2) is 9.32. The van der Waals surface area contributed by atoms with Gasteiger partial charge in [-0.25, -0.2) is 14.8 Å². The summed E-state index contributed by atoms with van der Waals surface area (Å²) in [6.07, 6.45) is 1.47. The van der Waals surface area contributed by atoms with Gasteiger partial charge in [0.05, 0.1) is 5.52 Å². The van der Waals surface area contributed by atoms with Crippen molar-refractivity contribution in [2.45, 2.75) is 13.8 Å². The smallest absolute Gasteiger partial charge is 0.323 e. The van der Waals surface area contributed by atoms with Crippen LogP contribution in [-0.2, 0) is 0 Å². The van der Waals surface area contributed by atoms with Crippen LogP contribution >= 0.6 is 0 Å². The van der Waals surface area contributed by atoms with E-state index >= 15 is 0 Å². The highest BCUT2D eigenvalue weighted by molar-refractivity contribution is 5.99. The van der Waals surface area contributed by atoms with Crippen molar-refractivity contribution >= 4 is 34.1 Å². The van der Waals surface area contributed by atoms with Crippen LogP contribution < -0.4 is 16.4 Å². The molecule has 3 aromatic carbocycles. The lowest BCUT2D eigenvalue weighted by Crippen LogP contribution is -2.19. The molecule has 0 aliphatic heterocycles. The van der Waals surface area contributed by atoms with Crippen molar-refractivity contribution < 1.29 is 4.79 Å². The van der Waals surface area contributed by atoms with Gasteiger partial charge in [-0.15, -0.1) is 0 Å². The third-order valence-corrected chi connectivity index (χ3v) is 4.19. The van der Waals surface area contributed by atoms with Crippen LogP contribution in [0.15, 0.2) is 79.1 Å². The number of anilines is 3. The van der Waals surface area contributed by atoms with Crippen LogP contribution in [0.3, 0.4) is 0 Å². The SMILES string of the molecule is Cc1ccc(NC(=O)Nc2ccc(C)cc2)cc1.Nc1ncnc2ccccc12. The lowest BCUT2D eigenvalue weighted by Gasteiger charge is -2.08. The maximum absolute atomic E-state index is 11.7. The molecule has 0 aliphatic carbocycles. The molecule has 6 heteroatoms. The van der Waals surface area contributed by atoms with Crippen molar-refractivity contribution in [3.63, 3.8) is 0 Å². The number of aromatic nitrogens is 2. The van der Waals surface area contributed by atoms with E-state index in [2.05, 4.69) is 20.6 Å². The van der Waals surface area contributed by atoms with Gasteiger partial charge in [0.15, 0.2) is 0 Å². The Balaban J connectivity index is 0.000000186. The first-order valence-electron chi connectivity index (χ1n) is 9.18. The van der Waals surface area contributed by atoms with E-state index in [0.29, 0.717) is 5.82 Å². The van der Waals surface area contributed by atoms with Crippen LogP contribution in [0.25, 0.3) is 10.9 Å². The van der Waals surface area contributed by atoms with E-state index < -0.39 is 0 Å². The molecular formula is C23H23N5O. The number of carbonyl (C=O) groups is 1. The topological polar surface area (TPSA) is 92.9 Å². The first kappa shape index (κ1) is 19.8. The molecule has 0 unspecified atom stereocenters. The zero-order chi connectivity index (χ0) is 20.6. The number of urea groups is 1. The predicted octanol–water partition coefficient (Wildman–Crippen LogP) is 5.16. The van der Waals surface area contributed by atoms with Gasteiger partial charge in [-0.1, -0.05) is 47.5 Å². The predicted molar refractivity (Wildman–Crippen MR) is 119 cm³/mol. The largest absolute Gasteiger partial charge is 0.383 e. The van der Waals surface area contributed by atoms with Crippen LogP contribution in [0, 0.1) is 13.8 Å². The second-order valence-corrected chi connectivity index (χ2v) is 6.59. The van der Waals surface area contributed by atoms with Crippen molar-refractivity contribution in [2.75, 3.05) is 16.4 Å². The molecule has 1 aromatic heterocycles. The summed E-state index contributed by atoms with van der Waals surface area (Å²) >= 11 is 0. The van der Waals surface area contributed by atoms with Crippen LogP contribution in [0.5, 0.6) is 0 Å². The summed E-state index contributed by atoms with van der Waals surface area (Å²) in [4.78, 5) is 19.7. The molecule has 0 fully saturated rings. The minimum Gasteiger partial charge on any atom is -0.383 e. The average Bonchev–Trinajstić information content (AvgIpc) is 2.72. The summed E-state index contributed by atoms with van der Waals surface area (Å²) in [6.45, 7) is 4.02. The highest BCUT2D eigenvalue weighted by atomic mass is 16.2. The maximum atomic E-state index is 11.7. The number of para-hydroxylation sites is 1. The summed E-state index contributed by atoms with van der Waals surface area (Å²) in [5, 5.41) is 6.48. The Morgan fingerprint density at radius 3 is 1.79 bits per heavy atom. The Bertz CT molecular complexity index is 1040. The lowest BCUT2D eigenvalue weighted by molar-refractivity contribution is 0.262. The van der Waals surface area contributed by atoms with Crippen molar-refractivity contribution in [3.05, 3.63) is 90.3 Å². The van der Waals surface area contributed by atoms with Gasteiger partial charge in [-0.2, -0.15) is 0 Å². The van der Waals surface area contributed by atoms with Crippen molar-refractivity contribution in [1.29, 1.82) is 0 Å². The van der Waals surface area contributed by atoms with Crippen molar-refractivity contribution in [1.82, 2.24) is 9.97 Å². The fourth-order valence-electron chi connectivity index (χ4n) is 2.59. The van der Waals surface area contributed by atoms with Crippen molar-refractivity contribution in [2.24, 2.45) is 0 Å². The molecule has 29 heavy (non-hydrogen) atoms. The normalized spacial score (nSPS) is 10.0. The molecule has 0 saturated heterocycles. The van der Waals surface area contributed by atoms with E-state index in [0.717, 1.165) is 22.3 Å². The molecular weight excluding hydrogens is 362 g/mol. The molecule has 4 aromatic rings. The first-order valence-corrected chi connectivity index (χ1v) is 9.18. The highest BCUT2D eigenvalue weighted by Crippen LogP contribution is 2.14. The standard InChI is InChI=1S/C15H16N2O.C8H7N3/c1-11-3-7-13(8-4-11)16-15(18)17-14-9-5-12(2)6-10-14;9-8-6-3-1-2-4-7(6)10-5-11-8/h3-10H,1-2H3,(H2,16,17,18);1-5H,(H2,9,10,11). The molecule has 4 N–H and O–H groups in total. The van der Waals surface area contributed by atoms with Gasteiger partial charge in [0.2, 0.25) is 0 Å². The van der Waals surface area contributed by atoms with Gasteiger partial charge in [-0.3, -0.25) is 0 Å². The van der Waals surface area contributed by atoms with E-state index in [9.17, 15) is 4.79 Å². The van der Waals surface area contributed by atoms with Crippen LogP contribution in [0.1, 0.15) is 11.1 Å². The molecule has 4 rings (SSSR count). The number of carbonyl (C=O) groups excluding carboxylic acids is 1. The minimum atomic E-state index is -0.234. The number of nitrogen functional groups attached to an aromatic ring is 1. The summed E-state index contributed by atoms with van der Waals surface area (Å²) in [5.74, 6) is 0.538. The van der Waals surface area contributed by atoms with Gasteiger partial charge < -0.3 is 16.4 Å². The minimum absolute atomic E-state index is 0.234. The lowest BCUT2D eigenvalue weighted by atomic mass is 10.2. The summed E-state index contributed by atoms with van der Waals surface area (Å²) in [7, 11) is 0. The molecule has 2 amide bonds. The molecule has 1 heterocycles.